The van der Waals surface area contributed by atoms with Crippen LogP contribution in [0.5, 0.6) is 0 Å². The van der Waals surface area contributed by atoms with Gasteiger partial charge in [0.1, 0.15) is 0 Å². The highest BCUT2D eigenvalue weighted by Gasteiger charge is 2.44. The van der Waals surface area contributed by atoms with Crippen LogP contribution in [0.25, 0.3) is 0 Å². The van der Waals surface area contributed by atoms with Crippen molar-refractivity contribution in [3.8, 4) is 0 Å². The number of hydrogen-bond donors (Lipinski definition) is 2. The Labute approximate surface area is 117 Å². The van der Waals surface area contributed by atoms with Gasteiger partial charge in [-0.15, -0.1) is 0 Å². The Balaban J connectivity index is 2.17. The summed E-state index contributed by atoms with van der Waals surface area (Å²) in [5.41, 5.74) is 0.981. The smallest absolute Gasteiger partial charge is 0.335 e. The van der Waals surface area contributed by atoms with Crippen LogP contribution in [0.2, 0.25) is 0 Å². The summed E-state index contributed by atoms with van der Waals surface area (Å²) in [6, 6.07) is 0. The molecule has 0 bridgehead atoms. The molecule has 0 saturated carbocycles. The molecule has 2 aliphatic rings. The molecule has 4 atom stereocenters. The standard InChI is InChI=1S/C14H20O6/c1-3-18-8(2)20-14-12-9(6-15)4-5-10(12)11(7-19-14)13(16)17/h4,7-8,10,12,14-15H,3,5-6H2,1-2H3,(H,16,17)/t8?,10-,12+,14+/m1/s1. The monoisotopic (exact) mass is 284 g/mol. The maximum atomic E-state index is 11.2. The van der Waals surface area contributed by atoms with Crippen LogP contribution in [0.4, 0.5) is 0 Å². The van der Waals surface area contributed by atoms with Gasteiger partial charge in [0.25, 0.3) is 0 Å². The molecule has 0 amide bonds. The van der Waals surface area contributed by atoms with Crippen LogP contribution < -0.4 is 0 Å². The van der Waals surface area contributed by atoms with Crippen molar-refractivity contribution in [3.05, 3.63) is 23.5 Å². The first-order valence-corrected chi connectivity index (χ1v) is 6.74. The lowest BCUT2D eigenvalue weighted by Gasteiger charge is -2.35. The van der Waals surface area contributed by atoms with Gasteiger partial charge >= 0.3 is 5.97 Å². The van der Waals surface area contributed by atoms with E-state index in [9.17, 15) is 15.0 Å². The molecule has 1 aliphatic carbocycles. The molecular weight excluding hydrogens is 264 g/mol. The third-order valence-corrected chi connectivity index (χ3v) is 3.67. The van der Waals surface area contributed by atoms with Gasteiger partial charge < -0.3 is 24.4 Å². The number of rotatable bonds is 6. The maximum absolute atomic E-state index is 11.2. The fourth-order valence-corrected chi connectivity index (χ4v) is 2.78. The van der Waals surface area contributed by atoms with Crippen LogP contribution in [-0.4, -0.2) is 42.0 Å². The second-order valence-corrected chi connectivity index (χ2v) is 4.85. The normalized spacial score (nSPS) is 30.1. The first kappa shape index (κ1) is 15.0. The molecule has 6 heteroatoms. The predicted octanol–water partition coefficient (Wildman–Crippen LogP) is 1.27. The largest absolute Gasteiger partial charge is 0.478 e. The van der Waals surface area contributed by atoms with E-state index in [1.807, 2.05) is 13.0 Å². The summed E-state index contributed by atoms with van der Waals surface area (Å²) < 4.78 is 16.4. The lowest BCUT2D eigenvalue weighted by molar-refractivity contribution is -0.242. The molecule has 0 saturated heterocycles. The Kier molecular flexibility index (Phi) is 4.80. The van der Waals surface area contributed by atoms with E-state index in [2.05, 4.69) is 0 Å². The molecule has 20 heavy (non-hydrogen) atoms. The minimum Gasteiger partial charge on any atom is -0.478 e. The summed E-state index contributed by atoms with van der Waals surface area (Å²) in [5.74, 6) is -1.50. The van der Waals surface area contributed by atoms with Gasteiger partial charge in [-0.3, -0.25) is 0 Å². The quantitative estimate of drug-likeness (QED) is 0.564. The molecule has 2 N–H and O–H groups in total. The third-order valence-electron chi connectivity index (χ3n) is 3.67. The Hall–Kier alpha value is -1.37. The Morgan fingerprint density at radius 1 is 1.60 bits per heavy atom. The van der Waals surface area contributed by atoms with Crippen molar-refractivity contribution in [2.75, 3.05) is 13.2 Å². The first-order valence-electron chi connectivity index (χ1n) is 6.74. The van der Waals surface area contributed by atoms with Crippen LogP contribution in [0.1, 0.15) is 20.3 Å². The van der Waals surface area contributed by atoms with Crippen molar-refractivity contribution in [3.63, 3.8) is 0 Å². The zero-order valence-electron chi connectivity index (χ0n) is 11.6. The van der Waals surface area contributed by atoms with Gasteiger partial charge in [-0.25, -0.2) is 4.79 Å². The summed E-state index contributed by atoms with van der Waals surface area (Å²) in [4.78, 5) is 11.2. The van der Waals surface area contributed by atoms with E-state index in [4.69, 9.17) is 14.2 Å². The van der Waals surface area contributed by atoms with Crippen molar-refractivity contribution in [1.82, 2.24) is 0 Å². The topological polar surface area (TPSA) is 85.2 Å². The Bertz CT molecular complexity index is 427. The summed E-state index contributed by atoms with van der Waals surface area (Å²) >= 11 is 0. The number of ether oxygens (including phenoxy) is 3. The molecule has 0 aromatic carbocycles. The van der Waals surface area contributed by atoms with Crippen LogP contribution >= 0.6 is 0 Å². The SMILES string of the molecule is CCOC(C)O[C@@H]1OC=C(C(=O)O)[C@H]2CC=C(CO)[C@H]12. The number of fused-ring (bicyclic) bond motifs is 1. The lowest BCUT2D eigenvalue weighted by Crippen LogP contribution is -2.39. The molecule has 1 heterocycles. The number of aliphatic hydroxyl groups is 1. The van der Waals surface area contributed by atoms with Gasteiger partial charge in [-0.2, -0.15) is 0 Å². The van der Waals surface area contributed by atoms with E-state index >= 15 is 0 Å². The highest BCUT2D eigenvalue weighted by Crippen LogP contribution is 2.43. The first-order chi connectivity index (χ1) is 9.58. The molecule has 0 aromatic heterocycles. The second kappa shape index (κ2) is 6.39. The van der Waals surface area contributed by atoms with E-state index in [0.29, 0.717) is 13.0 Å². The van der Waals surface area contributed by atoms with E-state index in [0.717, 1.165) is 5.57 Å². The van der Waals surface area contributed by atoms with Crippen LogP contribution in [0.3, 0.4) is 0 Å². The van der Waals surface area contributed by atoms with Crippen LogP contribution in [-0.2, 0) is 19.0 Å². The molecule has 1 unspecified atom stereocenters. The van der Waals surface area contributed by atoms with Crippen molar-refractivity contribution in [2.24, 2.45) is 11.8 Å². The molecule has 6 nitrogen and oxygen atoms in total. The minimum absolute atomic E-state index is 0.125. The number of aliphatic carboxylic acids is 1. The Morgan fingerprint density at radius 2 is 2.35 bits per heavy atom. The van der Waals surface area contributed by atoms with Crippen molar-refractivity contribution in [2.45, 2.75) is 32.8 Å². The lowest BCUT2D eigenvalue weighted by atomic mass is 9.83. The minimum atomic E-state index is -0.996. The van der Waals surface area contributed by atoms with Gasteiger partial charge in [0, 0.05) is 12.5 Å². The van der Waals surface area contributed by atoms with Crippen LogP contribution in [0, 0.1) is 11.8 Å². The molecule has 0 aromatic rings. The summed E-state index contributed by atoms with van der Waals surface area (Å²) in [7, 11) is 0. The molecule has 0 radical (unpaired) electrons. The van der Waals surface area contributed by atoms with Gasteiger partial charge in [0.15, 0.2) is 6.29 Å². The van der Waals surface area contributed by atoms with Crippen molar-refractivity contribution in [1.29, 1.82) is 0 Å². The Morgan fingerprint density at radius 3 is 2.95 bits per heavy atom. The highest BCUT2D eigenvalue weighted by molar-refractivity contribution is 5.87. The molecule has 0 spiro atoms. The second-order valence-electron chi connectivity index (χ2n) is 4.85. The van der Waals surface area contributed by atoms with E-state index in [1.165, 1.54) is 6.26 Å². The zero-order chi connectivity index (χ0) is 14.7. The number of aliphatic hydroxyl groups excluding tert-OH is 1. The number of carboxylic acids is 1. The number of allylic oxidation sites excluding steroid dienone is 1. The van der Waals surface area contributed by atoms with Crippen molar-refractivity contribution < 1.29 is 29.2 Å². The van der Waals surface area contributed by atoms with Crippen LogP contribution in [0.15, 0.2) is 23.5 Å². The maximum Gasteiger partial charge on any atom is 0.335 e. The third kappa shape index (κ3) is 2.87. The molecular formula is C14H20O6. The number of hydrogen-bond acceptors (Lipinski definition) is 5. The average Bonchev–Trinajstić information content (AvgIpc) is 2.83. The average molecular weight is 284 g/mol. The summed E-state index contributed by atoms with van der Waals surface area (Å²) in [6.45, 7) is 4.01. The fourth-order valence-electron chi connectivity index (χ4n) is 2.78. The van der Waals surface area contributed by atoms with Gasteiger partial charge in [-0.05, 0) is 25.8 Å². The zero-order valence-corrected chi connectivity index (χ0v) is 11.6. The van der Waals surface area contributed by atoms with E-state index in [-0.39, 0.29) is 24.0 Å². The van der Waals surface area contributed by atoms with Gasteiger partial charge in [-0.1, -0.05) is 6.08 Å². The highest BCUT2D eigenvalue weighted by atomic mass is 16.8. The molecule has 1 aliphatic heterocycles. The number of carbonyl (C=O) groups is 1. The van der Waals surface area contributed by atoms with Crippen molar-refractivity contribution >= 4 is 5.97 Å². The fraction of sp³-hybridized carbons (Fsp3) is 0.643. The van der Waals surface area contributed by atoms with Gasteiger partial charge in [0.05, 0.1) is 24.4 Å². The molecule has 0 fully saturated rings. The van der Waals surface area contributed by atoms with Gasteiger partial charge in [0.2, 0.25) is 6.29 Å². The number of carboxylic acid groups (broad SMARTS) is 1. The van der Waals surface area contributed by atoms with E-state index < -0.39 is 18.5 Å². The summed E-state index contributed by atoms with van der Waals surface area (Å²) in [6.07, 6.45) is 2.60. The van der Waals surface area contributed by atoms with E-state index in [1.54, 1.807) is 6.92 Å². The molecule has 2 rings (SSSR count). The molecule has 112 valence electrons. The summed E-state index contributed by atoms with van der Waals surface area (Å²) in [5, 5.41) is 18.6. The predicted molar refractivity (Wildman–Crippen MR) is 69.5 cm³/mol.